The van der Waals surface area contributed by atoms with Crippen LogP contribution >= 0.6 is 0 Å². The molecule has 0 spiro atoms. The zero-order chi connectivity index (χ0) is 14.0. The van der Waals surface area contributed by atoms with E-state index in [9.17, 15) is 0 Å². The largest absolute Gasteiger partial charge is 0.337 e. The highest BCUT2D eigenvalue weighted by atomic mass is 15.3. The van der Waals surface area contributed by atoms with Gasteiger partial charge in [-0.25, -0.2) is 4.98 Å². The van der Waals surface area contributed by atoms with E-state index in [4.69, 9.17) is 0 Å². The molecule has 0 amide bonds. The topological polar surface area (TPSA) is 42.7 Å². The number of hydrogen-bond acceptors (Lipinski definition) is 3. The lowest BCUT2D eigenvalue weighted by Gasteiger charge is -2.18. The molecule has 0 aromatic carbocycles. The van der Waals surface area contributed by atoms with E-state index >= 15 is 0 Å². The molecule has 2 aromatic rings. The van der Waals surface area contributed by atoms with E-state index in [1.54, 1.807) is 0 Å². The van der Waals surface area contributed by atoms with Crippen LogP contribution in [0.4, 0.5) is 11.5 Å². The standard InChI is InChI=1S/C15H22N4/c1-6-12-13(10-19(5)18-12)17-14-8-7-11(9-16-14)15(2,3)4/h7-10H,6H2,1-5H3,(H,16,17). The van der Waals surface area contributed by atoms with Gasteiger partial charge >= 0.3 is 0 Å². The quantitative estimate of drug-likeness (QED) is 0.917. The summed E-state index contributed by atoms with van der Waals surface area (Å²) >= 11 is 0. The van der Waals surface area contributed by atoms with Gasteiger partial charge in [0.1, 0.15) is 5.82 Å². The van der Waals surface area contributed by atoms with Crippen molar-refractivity contribution in [3.8, 4) is 0 Å². The van der Waals surface area contributed by atoms with Gasteiger partial charge in [0, 0.05) is 19.4 Å². The van der Waals surface area contributed by atoms with Crippen molar-refractivity contribution in [1.29, 1.82) is 0 Å². The number of nitrogens with one attached hydrogen (secondary N) is 1. The van der Waals surface area contributed by atoms with Crippen LogP contribution in [-0.2, 0) is 18.9 Å². The predicted octanol–water partition coefficient (Wildman–Crippen LogP) is 3.42. The highest BCUT2D eigenvalue weighted by Gasteiger charge is 2.14. The van der Waals surface area contributed by atoms with E-state index in [2.05, 4.69) is 49.2 Å². The summed E-state index contributed by atoms with van der Waals surface area (Å²) in [5.41, 5.74) is 3.46. The minimum Gasteiger partial charge on any atom is -0.337 e. The molecule has 0 unspecified atom stereocenters. The van der Waals surface area contributed by atoms with Crippen molar-refractivity contribution in [2.24, 2.45) is 7.05 Å². The van der Waals surface area contributed by atoms with Crippen LogP contribution in [0.1, 0.15) is 39.0 Å². The van der Waals surface area contributed by atoms with Gasteiger partial charge in [-0.1, -0.05) is 33.8 Å². The molecule has 102 valence electrons. The summed E-state index contributed by atoms with van der Waals surface area (Å²) in [6.45, 7) is 8.66. The second kappa shape index (κ2) is 5.03. The molecule has 0 aliphatic heterocycles. The summed E-state index contributed by atoms with van der Waals surface area (Å²) in [4.78, 5) is 4.48. The summed E-state index contributed by atoms with van der Waals surface area (Å²) in [5.74, 6) is 0.857. The Morgan fingerprint density at radius 3 is 2.53 bits per heavy atom. The highest BCUT2D eigenvalue weighted by Crippen LogP contribution is 2.24. The van der Waals surface area contributed by atoms with Gasteiger partial charge in [0.2, 0.25) is 0 Å². The molecule has 1 N–H and O–H groups in total. The van der Waals surface area contributed by atoms with Crippen molar-refractivity contribution in [1.82, 2.24) is 14.8 Å². The first-order valence-corrected chi connectivity index (χ1v) is 6.66. The second-order valence-electron chi connectivity index (χ2n) is 5.82. The minimum atomic E-state index is 0.133. The van der Waals surface area contributed by atoms with Crippen LogP contribution < -0.4 is 5.32 Å². The number of hydrogen-bond donors (Lipinski definition) is 1. The molecular formula is C15H22N4. The lowest BCUT2D eigenvalue weighted by atomic mass is 9.88. The molecule has 19 heavy (non-hydrogen) atoms. The molecule has 0 fully saturated rings. The molecule has 0 bridgehead atoms. The Morgan fingerprint density at radius 1 is 1.26 bits per heavy atom. The lowest BCUT2D eigenvalue weighted by Crippen LogP contribution is -2.11. The van der Waals surface area contributed by atoms with Crippen LogP contribution in [0.3, 0.4) is 0 Å². The zero-order valence-corrected chi connectivity index (χ0v) is 12.4. The maximum absolute atomic E-state index is 4.48. The van der Waals surface area contributed by atoms with Crippen LogP contribution in [0.2, 0.25) is 0 Å². The van der Waals surface area contributed by atoms with Crippen molar-refractivity contribution >= 4 is 11.5 Å². The maximum atomic E-state index is 4.48. The molecular weight excluding hydrogens is 236 g/mol. The molecule has 2 heterocycles. The molecule has 0 saturated heterocycles. The molecule has 0 saturated carbocycles. The minimum absolute atomic E-state index is 0.133. The fourth-order valence-electron chi connectivity index (χ4n) is 1.95. The fraction of sp³-hybridized carbons (Fsp3) is 0.467. The SMILES string of the molecule is CCc1nn(C)cc1Nc1ccc(C(C)(C)C)cn1. The van der Waals surface area contributed by atoms with E-state index in [1.165, 1.54) is 5.56 Å². The van der Waals surface area contributed by atoms with Crippen molar-refractivity contribution in [3.05, 3.63) is 35.8 Å². The van der Waals surface area contributed by atoms with Crippen molar-refractivity contribution in [3.63, 3.8) is 0 Å². The first-order chi connectivity index (χ1) is 8.90. The molecule has 0 atom stereocenters. The first kappa shape index (κ1) is 13.6. The Morgan fingerprint density at radius 2 is 2.00 bits per heavy atom. The third-order valence-electron chi connectivity index (χ3n) is 3.13. The number of nitrogens with zero attached hydrogens (tertiary/aromatic N) is 3. The van der Waals surface area contributed by atoms with Gasteiger partial charge < -0.3 is 5.32 Å². The van der Waals surface area contributed by atoms with E-state index in [1.807, 2.05) is 30.2 Å². The fourth-order valence-corrected chi connectivity index (χ4v) is 1.95. The molecule has 4 nitrogen and oxygen atoms in total. The number of rotatable bonds is 3. The monoisotopic (exact) mass is 258 g/mol. The van der Waals surface area contributed by atoms with Crippen molar-refractivity contribution in [2.75, 3.05) is 5.32 Å². The Labute approximate surface area is 114 Å². The lowest BCUT2D eigenvalue weighted by molar-refractivity contribution is 0.587. The number of pyridine rings is 1. The van der Waals surface area contributed by atoms with Crippen molar-refractivity contribution in [2.45, 2.75) is 39.5 Å². The van der Waals surface area contributed by atoms with Crippen LogP contribution in [-0.4, -0.2) is 14.8 Å². The van der Waals surface area contributed by atoms with Gasteiger partial charge in [-0.15, -0.1) is 0 Å². The summed E-state index contributed by atoms with van der Waals surface area (Å²) in [7, 11) is 1.93. The number of aryl methyl sites for hydroxylation is 2. The Kier molecular flexibility index (Phi) is 3.60. The first-order valence-electron chi connectivity index (χ1n) is 6.66. The molecule has 2 aromatic heterocycles. The summed E-state index contributed by atoms with van der Waals surface area (Å²) < 4.78 is 1.82. The van der Waals surface area contributed by atoms with Gasteiger partial charge in [0.05, 0.1) is 11.4 Å². The summed E-state index contributed by atoms with van der Waals surface area (Å²) in [6, 6.07) is 4.14. The third kappa shape index (κ3) is 3.13. The predicted molar refractivity (Wildman–Crippen MR) is 78.8 cm³/mol. The van der Waals surface area contributed by atoms with Gasteiger partial charge in [-0.3, -0.25) is 4.68 Å². The molecule has 4 heteroatoms. The number of aromatic nitrogens is 3. The van der Waals surface area contributed by atoms with Crippen molar-refractivity contribution < 1.29 is 0 Å². The summed E-state index contributed by atoms with van der Waals surface area (Å²) in [5, 5.41) is 7.74. The normalized spacial score (nSPS) is 11.6. The molecule has 0 radical (unpaired) electrons. The second-order valence-corrected chi connectivity index (χ2v) is 5.82. The van der Waals surface area contributed by atoms with E-state index in [0.29, 0.717) is 0 Å². The highest BCUT2D eigenvalue weighted by molar-refractivity contribution is 5.58. The van der Waals surface area contributed by atoms with Gasteiger partial charge in [0.25, 0.3) is 0 Å². The molecule has 0 aliphatic rings. The zero-order valence-electron chi connectivity index (χ0n) is 12.4. The third-order valence-corrected chi connectivity index (χ3v) is 3.13. The molecule has 0 aliphatic carbocycles. The average molecular weight is 258 g/mol. The van der Waals surface area contributed by atoms with Gasteiger partial charge in [-0.2, -0.15) is 5.10 Å². The Balaban J connectivity index is 2.19. The molecule has 2 rings (SSSR count). The van der Waals surface area contributed by atoms with Crippen LogP contribution in [0.25, 0.3) is 0 Å². The van der Waals surface area contributed by atoms with E-state index in [-0.39, 0.29) is 5.41 Å². The number of anilines is 2. The smallest absolute Gasteiger partial charge is 0.130 e. The Hall–Kier alpha value is -1.84. The van der Waals surface area contributed by atoms with Gasteiger partial charge in [0.15, 0.2) is 0 Å². The average Bonchev–Trinajstić information content (AvgIpc) is 2.69. The summed E-state index contributed by atoms with van der Waals surface area (Å²) in [6.07, 6.45) is 4.83. The van der Waals surface area contributed by atoms with E-state index in [0.717, 1.165) is 23.6 Å². The van der Waals surface area contributed by atoms with Crippen LogP contribution in [0, 0.1) is 0 Å². The van der Waals surface area contributed by atoms with Crippen LogP contribution in [0.15, 0.2) is 24.5 Å². The maximum Gasteiger partial charge on any atom is 0.130 e. The Bertz CT molecular complexity index is 547. The van der Waals surface area contributed by atoms with Crippen LogP contribution in [0.5, 0.6) is 0 Å². The van der Waals surface area contributed by atoms with Gasteiger partial charge in [-0.05, 0) is 23.5 Å². The van der Waals surface area contributed by atoms with E-state index < -0.39 is 0 Å².